The third-order valence-corrected chi connectivity index (χ3v) is 4.11. The largest absolute Gasteiger partial charge is 0.370 e. The molecule has 2 heterocycles. The quantitative estimate of drug-likeness (QED) is 0.908. The van der Waals surface area contributed by atoms with Crippen molar-refractivity contribution < 1.29 is 0 Å². The highest BCUT2D eigenvalue weighted by Crippen LogP contribution is 2.33. The Balaban J connectivity index is 2.59. The first-order valence-corrected chi connectivity index (χ1v) is 7.35. The molecule has 0 radical (unpaired) electrons. The predicted molar refractivity (Wildman–Crippen MR) is 79.6 cm³/mol. The van der Waals surface area contributed by atoms with Gasteiger partial charge in [0.05, 0.1) is 5.39 Å². The average Bonchev–Trinajstić information content (AvgIpc) is 2.54. The van der Waals surface area contributed by atoms with Gasteiger partial charge in [-0.15, -0.1) is 11.3 Å². The van der Waals surface area contributed by atoms with Gasteiger partial charge in [0.15, 0.2) is 0 Å². The number of nitrogens with zero attached hydrogens (tertiary/aromatic N) is 2. The minimum atomic E-state index is 0.582. The van der Waals surface area contributed by atoms with E-state index in [0.717, 1.165) is 29.4 Å². The summed E-state index contributed by atoms with van der Waals surface area (Å²) in [6, 6.07) is 0. The Hall–Kier alpha value is -1.16. The predicted octanol–water partition coefficient (Wildman–Crippen LogP) is 3.94. The Morgan fingerprint density at radius 3 is 2.56 bits per heavy atom. The Morgan fingerprint density at radius 2 is 1.94 bits per heavy atom. The molecule has 1 N–H and O–H groups in total. The van der Waals surface area contributed by atoms with Crippen LogP contribution in [0.2, 0.25) is 0 Å². The molecule has 0 aliphatic rings. The fourth-order valence-electron chi connectivity index (χ4n) is 2.05. The van der Waals surface area contributed by atoms with E-state index in [-0.39, 0.29) is 0 Å². The Morgan fingerprint density at radius 1 is 1.22 bits per heavy atom. The van der Waals surface area contributed by atoms with Crippen LogP contribution in [-0.2, 0) is 6.42 Å². The van der Waals surface area contributed by atoms with Crippen molar-refractivity contribution >= 4 is 27.4 Å². The normalized spacial score (nSPS) is 11.4. The van der Waals surface area contributed by atoms with Gasteiger partial charge >= 0.3 is 0 Å². The molecule has 18 heavy (non-hydrogen) atoms. The fourth-order valence-corrected chi connectivity index (χ4v) is 3.09. The lowest BCUT2D eigenvalue weighted by Gasteiger charge is -2.09. The van der Waals surface area contributed by atoms with Crippen LogP contribution in [0.3, 0.4) is 0 Å². The monoisotopic (exact) mass is 263 g/mol. The van der Waals surface area contributed by atoms with E-state index < -0.39 is 0 Å². The second kappa shape index (κ2) is 5.22. The number of nitrogens with one attached hydrogen (secondary N) is 1. The lowest BCUT2D eigenvalue weighted by atomic mass is 10.1. The van der Waals surface area contributed by atoms with Gasteiger partial charge < -0.3 is 5.32 Å². The van der Waals surface area contributed by atoms with Crippen LogP contribution in [-0.4, -0.2) is 16.5 Å². The molecular formula is C14H21N3S. The summed E-state index contributed by atoms with van der Waals surface area (Å²) in [5.74, 6) is 2.54. The SMILES string of the molecule is CCNc1nc(CC(C)C)nc2sc(C)c(C)c12. The number of thiophene rings is 1. The highest BCUT2D eigenvalue weighted by Gasteiger charge is 2.14. The number of aromatic nitrogens is 2. The summed E-state index contributed by atoms with van der Waals surface area (Å²) in [5, 5.41) is 4.57. The maximum absolute atomic E-state index is 4.71. The summed E-state index contributed by atoms with van der Waals surface area (Å²) in [4.78, 5) is 11.8. The van der Waals surface area contributed by atoms with Gasteiger partial charge in [-0.3, -0.25) is 0 Å². The molecule has 4 heteroatoms. The molecule has 2 aromatic heterocycles. The molecule has 0 amide bonds. The van der Waals surface area contributed by atoms with Crippen molar-refractivity contribution in [3.8, 4) is 0 Å². The highest BCUT2D eigenvalue weighted by molar-refractivity contribution is 7.18. The van der Waals surface area contributed by atoms with Gasteiger partial charge in [0.25, 0.3) is 0 Å². The lowest BCUT2D eigenvalue weighted by Crippen LogP contribution is -2.06. The van der Waals surface area contributed by atoms with Gasteiger partial charge in [0.1, 0.15) is 16.5 Å². The smallest absolute Gasteiger partial charge is 0.138 e. The van der Waals surface area contributed by atoms with Crippen LogP contribution in [0.5, 0.6) is 0 Å². The van der Waals surface area contributed by atoms with E-state index in [1.165, 1.54) is 15.8 Å². The minimum Gasteiger partial charge on any atom is -0.370 e. The number of hydrogen-bond donors (Lipinski definition) is 1. The van der Waals surface area contributed by atoms with E-state index >= 15 is 0 Å². The van der Waals surface area contributed by atoms with Gasteiger partial charge in [-0.25, -0.2) is 9.97 Å². The zero-order valence-electron chi connectivity index (χ0n) is 11.8. The maximum atomic E-state index is 4.71. The Kier molecular flexibility index (Phi) is 3.85. The molecule has 0 spiro atoms. The average molecular weight is 263 g/mol. The van der Waals surface area contributed by atoms with Crippen molar-refractivity contribution in [2.24, 2.45) is 5.92 Å². The highest BCUT2D eigenvalue weighted by atomic mass is 32.1. The van der Waals surface area contributed by atoms with E-state index in [9.17, 15) is 0 Å². The van der Waals surface area contributed by atoms with Crippen molar-refractivity contribution in [1.29, 1.82) is 0 Å². The molecule has 0 saturated heterocycles. The van der Waals surface area contributed by atoms with Crippen molar-refractivity contribution in [2.75, 3.05) is 11.9 Å². The molecule has 0 saturated carbocycles. The molecule has 0 aromatic carbocycles. The molecule has 0 aliphatic heterocycles. The molecule has 0 fully saturated rings. The summed E-state index contributed by atoms with van der Waals surface area (Å²) in [7, 11) is 0. The van der Waals surface area contributed by atoms with E-state index in [1.54, 1.807) is 11.3 Å². The van der Waals surface area contributed by atoms with E-state index in [4.69, 9.17) is 4.98 Å². The molecule has 2 aromatic rings. The zero-order valence-corrected chi connectivity index (χ0v) is 12.6. The van der Waals surface area contributed by atoms with E-state index in [1.807, 2.05) is 0 Å². The standard InChI is InChI=1S/C14H21N3S/c1-6-15-13-12-9(4)10(5)18-14(12)17-11(16-13)7-8(2)3/h8H,6-7H2,1-5H3,(H,15,16,17). The molecule has 98 valence electrons. The van der Waals surface area contributed by atoms with Crippen LogP contribution in [0.4, 0.5) is 5.82 Å². The van der Waals surface area contributed by atoms with E-state index in [0.29, 0.717) is 5.92 Å². The summed E-state index contributed by atoms with van der Waals surface area (Å²) in [5.41, 5.74) is 1.31. The molecule has 3 nitrogen and oxygen atoms in total. The zero-order chi connectivity index (χ0) is 13.3. The van der Waals surface area contributed by atoms with Gasteiger partial charge in [0.2, 0.25) is 0 Å². The molecule has 0 atom stereocenters. The van der Waals surface area contributed by atoms with Crippen LogP contribution in [0.25, 0.3) is 10.2 Å². The summed E-state index contributed by atoms with van der Waals surface area (Å²) < 4.78 is 0. The second-order valence-electron chi connectivity index (χ2n) is 5.08. The number of anilines is 1. The van der Waals surface area contributed by atoms with Crippen LogP contribution in [0.15, 0.2) is 0 Å². The fraction of sp³-hybridized carbons (Fsp3) is 0.571. The molecular weight excluding hydrogens is 242 g/mol. The number of fused-ring (bicyclic) bond motifs is 1. The van der Waals surface area contributed by atoms with Crippen molar-refractivity contribution in [3.63, 3.8) is 0 Å². The van der Waals surface area contributed by atoms with Crippen LogP contribution >= 0.6 is 11.3 Å². The van der Waals surface area contributed by atoms with Gasteiger partial charge in [-0.1, -0.05) is 13.8 Å². The Labute approximate surface area is 113 Å². The lowest BCUT2D eigenvalue weighted by molar-refractivity contribution is 0.623. The second-order valence-corrected chi connectivity index (χ2v) is 6.28. The Bertz CT molecular complexity index is 558. The number of rotatable bonds is 4. The van der Waals surface area contributed by atoms with Crippen molar-refractivity contribution in [2.45, 2.75) is 41.0 Å². The molecule has 0 aliphatic carbocycles. The summed E-state index contributed by atoms with van der Waals surface area (Å²) in [6.45, 7) is 11.7. The molecule has 0 bridgehead atoms. The first-order chi connectivity index (χ1) is 8.52. The third-order valence-electron chi connectivity index (χ3n) is 3.01. The van der Waals surface area contributed by atoms with E-state index in [2.05, 4.69) is 44.9 Å². The summed E-state index contributed by atoms with van der Waals surface area (Å²) >= 11 is 1.77. The van der Waals surface area contributed by atoms with Crippen LogP contribution in [0.1, 0.15) is 37.0 Å². The van der Waals surface area contributed by atoms with Crippen LogP contribution < -0.4 is 5.32 Å². The first kappa shape index (κ1) is 13.3. The topological polar surface area (TPSA) is 37.8 Å². The summed E-state index contributed by atoms with van der Waals surface area (Å²) in [6.07, 6.45) is 0.935. The minimum absolute atomic E-state index is 0.582. The van der Waals surface area contributed by atoms with Crippen molar-refractivity contribution in [1.82, 2.24) is 9.97 Å². The maximum Gasteiger partial charge on any atom is 0.138 e. The van der Waals surface area contributed by atoms with Gasteiger partial charge in [0, 0.05) is 17.8 Å². The number of hydrogen-bond acceptors (Lipinski definition) is 4. The van der Waals surface area contributed by atoms with Gasteiger partial charge in [-0.2, -0.15) is 0 Å². The molecule has 0 unspecified atom stereocenters. The van der Waals surface area contributed by atoms with Gasteiger partial charge in [-0.05, 0) is 32.3 Å². The third kappa shape index (κ3) is 2.48. The van der Waals surface area contributed by atoms with Crippen LogP contribution in [0, 0.1) is 19.8 Å². The first-order valence-electron chi connectivity index (χ1n) is 6.53. The molecule has 2 rings (SSSR count). The van der Waals surface area contributed by atoms with Crippen molar-refractivity contribution in [3.05, 3.63) is 16.3 Å². The number of aryl methyl sites for hydroxylation is 2.